The van der Waals surface area contributed by atoms with E-state index >= 15 is 0 Å². The molecule has 0 saturated heterocycles. The first-order chi connectivity index (χ1) is 70.5. The van der Waals surface area contributed by atoms with Gasteiger partial charge in [0.15, 0.2) is 40.2 Å². The molecule has 0 unspecified atom stereocenters. The molecule has 0 saturated carbocycles. The average Bonchev–Trinajstić information content (AvgIpc) is 0.723. The van der Waals surface area contributed by atoms with Crippen molar-refractivity contribution in [2.24, 2.45) is 0 Å². The lowest BCUT2D eigenvalue weighted by atomic mass is 9.89. The number of rotatable bonds is 68. The summed E-state index contributed by atoms with van der Waals surface area (Å²) in [5.41, 5.74) is 14.4. The first kappa shape index (κ1) is 114. The lowest BCUT2D eigenvalue weighted by Crippen LogP contribution is -2.08. The molecule has 143 heavy (non-hydrogen) atoms. The number of ether oxygens (including phenoxy) is 8. The van der Waals surface area contributed by atoms with Gasteiger partial charge in [0.1, 0.15) is 0 Å². The highest BCUT2D eigenvalue weighted by molar-refractivity contribution is 6.27. The minimum absolute atomic E-state index is 0.143. The molecule has 0 N–H and O–H groups in total. The van der Waals surface area contributed by atoms with Crippen LogP contribution in [0.25, 0.3) is 32.3 Å². The van der Waals surface area contributed by atoms with Crippen LogP contribution >= 0.6 is 0 Å². The Morgan fingerprint density at radius 2 is 0.371 bits per heavy atom. The van der Waals surface area contributed by atoms with E-state index in [-0.39, 0.29) is 5.97 Å². The van der Waals surface area contributed by atoms with Crippen LogP contribution in [0.3, 0.4) is 0 Å². The number of carbonyl (C=O) groups excluding carboxylic acids is 1. The van der Waals surface area contributed by atoms with Crippen LogP contribution in [-0.4, -0.2) is 58.8 Å². The maximum absolute atomic E-state index is 13.5. The lowest BCUT2D eigenvalue weighted by molar-refractivity contribution is -0.143. The van der Waals surface area contributed by atoms with Gasteiger partial charge < -0.3 is 37.9 Å². The quantitative estimate of drug-likeness (QED) is 0.0160. The highest BCUT2D eigenvalue weighted by Gasteiger charge is 2.26. The third kappa shape index (κ3) is 40.8. The second-order valence-corrected chi connectivity index (χ2v) is 39.5. The molecule has 0 spiro atoms. The van der Waals surface area contributed by atoms with Crippen LogP contribution in [0.1, 0.15) is 448 Å². The molecular formula is C134H174O9. The molecule has 10 aromatic rings. The molecule has 0 aliphatic heterocycles. The van der Waals surface area contributed by atoms with Gasteiger partial charge in [0, 0.05) is 34.2 Å². The second kappa shape index (κ2) is 69.0. The zero-order chi connectivity index (χ0) is 101. The zero-order valence-electron chi connectivity index (χ0n) is 89.9. The van der Waals surface area contributed by atoms with Crippen LogP contribution in [0.15, 0.2) is 158 Å². The van der Waals surface area contributed by atoms with Gasteiger partial charge in [0.2, 0.25) is 0 Å². The fourth-order valence-electron chi connectivity index (χ4n) is 18.3. The molecule has 9 nitrogen and oxygen atoms in total. The van der Waals surface area contributed by atoms with Gasteiger partial charge >= 0.3 is 5.97 Å². The number of aryl methyl sites for hydroxylation is 5. The zero-order valence-corrected chi connectivity index (χ0v) is 89.9. The van der Waals surface area contributed by atoms with Gasteiger partial charge in [-0.05, 0) is 279 Å². The largest absolute Gasteiger partial charge is 0.491 e. The van der Waals surface area contributed by atoms with Gasteiger partial charge in [0.05, 0.1) is 80.7 Å². The summed E-state index contributed by atoms with van der Waals surface area (Å²) in [5, 5.41) is 6.31. The number of hydrogen-bond donors (Lipinski definition) is 0. The van der Waals surface area contributed by atoms with Crippen LogP contribution in [0.5, 0.6) is 40.2 Å². The Morgan fingerprint density at radius 1 is 0.189 bits per heavy atom. The molecule has 0 aliphatic carbocycles. The van der Waals surface area contributed by atoms with Crippen LogP contribution in [-0.2, 0) is 41.6 Å². The van der Waals surface area contributed by atoms with Crippen molar-refractivity contribution in [1.82, 2.24) is 0 Å². The Hall–Kier alpha value is -11.2. The summed E-state index contributed by atoms with van der Waals surface area (Å²) in [6.45, 7) is 26.8. The van der Waals surface area contributed by atoms with E-state index in [4.69, 9.17) is 37.9 Å². The van der Waals surface area contributed by atoms with Crippen molar-refractivity contribution in [2.75, 3.05) is 52.9 Å². The Morgan fingerprint density at radius 3 is 0.608 bits per heavy atom. The molecule has 0 atom stereocenters. The topological polar surface area (TPSA) is 90.9 Å². The predicted octanol–water partition coefficient (Wildman–Crippen LogP) is 35.9. The Kier molecular flexibility index (Phi) is 54.9. The highest BCUT2D eigenvalue weighted by Crippen LogP contribution is 2.48. The Labute approximate surface area is 865 Å². The maximum atomic E-state index is 13.5. The first-order valence-corrected chi connectivity index (χ1v) is 56.9. The monoisotopic (exact) mass is 1930 g/mol. The smallest absolute Gasteiger partial charge is 0.305 e. The van der Waals surface area contributed by atoms with E-state index in [1.54, 1.807) is 0 Å². The van der Waals surface area contributed by atoms with Gasteiger partial charge in [-0.1, -0.05) is 388 Å². The van der Waals surface area contributed by atoms with E-state index in [2.05, 4.69) is 286 Å². The molecule has 764 valence electrons. The SMILES string of the molecule is CCCCCCOc1cc2c3cc(OCCCCCC)c(OCCCCCC)cc3c3cc(OCCCCOC(=O)CCCCCCCCCCOc4c(C#Cc5ccc(CCCCC)cc5)c(C#Cc5ccc(CCCCC)cc5)c(C#Cc5ccc(CCCCC)cc5)c(C#Cc5ccc(CCCCC)cc5)c4C#Cc4ccc(CCCCC)cc4)c(OCCCCCC)cc3c2cc1OCCCCCC. The number of benzene rings is 10. The van der Waals surface area contributed by atoms with Crippen molar-refractivity contribution in [2.45, 2.75) is 397 Å². The van der Waals surface area contributed by atoms with Crippen LogP contribution < -0.4 is 33.2 Å². The Bertz CT molecular complexity index is 5480. The number of unbranched alkanes of at least 4 members (excludes halogenated alkanes) is 33. The minimum atomic E-state index is -0.143. The molecule has 10 aromatic carbocycles. The second-order valence-electron chi connectivity index (χ2n) is 39.5. The number of esters is 1. The molecule has 9 heteroatoms. The van der Waals surface area contributed by atoms with E-state index in [1.165, 1.54) is 118 Å². The van der Waals surface area contributed by atoms with Gasteiger partial charge in [0.25, 0.3) is 0 Å². The molecule has 0 fully saturated rings. The van der Waals surface area contributed by atoms with Crippen LogP contribution in [0, 0.1) is 59.2 Å². The summed E-state index contributed by atoms with van der Waals surface area (Å²) in [7, 11) is 0. The molecule has 0 heterocycles. The Balaban J connectivity index is 0.870. The number of carbonyl (C=O) groups is 1. The molecule has 0 amide bonds. The van der Waals surface area contributed by atoms with E-state index < -0.39 is 0 Å². The van der Waals surface area contributed by atoms with E-state index in [0.29, 0.717) is 117 Å². The van der Waals surface area contributed by atoms with Crippen molar-refractivity contribution >= 4 is 38.3 Å². The molecule has 10 rings (SSSR count). The average molecular weight is 1930 g/mol. The van der Waals surface area contributed by atoms with Gasteiger partial charge in [-0.15, -0.1) is 0 Å². The van der Waals surface area contributed by atoms with Crippen LogP contribution in [0.2, 0.25) is 0 Å². The fraction of sp³-hybridized carbons (Fsp3) is 0.515. The summed E-state index contributed by atoms with van der Waals surface area (Å²) in [6, 6.07) is 57.2. The molecule has 0 aromatic heterocycles. The van der Waals surface area contributed by atoms with Gasteiger partial charge in [-0.3, -0.25) is 4.79 Å². The maximum Gasteiger partial charge on any atom is 0.305 e. The van der Waals surface area contributed by atoms with Crippen molar-refractivity contribution in [3.05, 3.63) is 241 Å². The summed E-state index contributed by atoms with van der Waals surface area (Å²) in [4.78, 5) is 13.5. The predicted molar refractivity (Wildman–Crippen MR) is 605 cm³/mol. The summed E-state index contributed by atoms with van der Waals surface area (Å²) < 4.78 is 54.1. The minimum Gasteiger partial charge on any atom is -0.491 e. The highest BCUT2D eigenvalue weighted by atomic mass is 16.5. The van der Waals surface area contributed by atoms with Crippen LogP contribution in [0.4, 0.5) is 0 Å². The van der Waals surface area contributed by atoms with Crippen molar-refractivity contribution in [3.8, 4) is 99.5 Å². The summed E-state index contributed by atoms with van der Waals surface area (Å²) >= 11 is 0. The van der Waals surface area contributed by atoms with Gasteiger partial charge in [-0.2, -0.15) is 0 Å². The third-order valence-corrected chi connectivity index (χ3v) is 27.2. The molecular weight excluding hydrogens is 1750 g/mol. The van der Waals surface area contributed by atoms with Crippen molar-refractivity contribution in [3.63, 3.8) is 0 Å². The standard InChI is InChI=1S/C134H174O9/c1-11-21-31-48-92-136-127-100-121-122-101-128(137-93-49-32-22-12-2)130(139-95-51-34-24-14-4)103-124(122)126-105-132(131(140-96-52-35-25-15-5)104-125(126)123(121)102-129(127)138-94-50-33-23-13-3)141-97-54-55-98-142-133(135)61-47-40-38-36-37-39-41-53-99-143-134-119(90-85-114-78-68-109(69-79-114)59-45-29-19-9)117(88-83-112-74-64-107(65-75-112)57-43-27-17-7)116(87-82-111-72-62-106(63-73-111)56-42-26-16-6)118(89-84-113-76-66-108(67-77-113)58-44-28-18-8)120(134)91-86-115-80-70-110(71-81-115)60-46-30-20-10/h62-81,100-105H,11-61,92-99H2,1-10H3. The first-order valence-electron chi connectivity index (χ1n) is 56.9. The molecule has 0 radical (unpaired) electrons. The van der Waals surface area contributed by atoms with E-state index in [0.717, 1.165) is 301 Å². The number of fused-ring (bicyclic) bond motifs is 6. The van der Waals surface area contributed by atoms with Crippen molar-refractivity contribution in [1.29, 1.82) is 0 Å². The van der Waals surface area contributed by atoms with E-state index in [1.807, 2.05) is 0 Å². The summed E-state index contributed by atoms with van der Waals surface area (Å²) in [6.07, 6.45) is 54.5. The third-order valence-electron chi connectivity index (χ3n) is 27.2. The van der Waals surface area contributed by atoms with Gasteiger partial charge in [-0.25, -0.2) is 0 Å². The molecule has 0 bridgehead atoms. The fourth-order valence-corrected chi connectivity index (χ4v) is 18.3. The summed E-state index contributed by atoms with van der Waals surface area (Å²) in [5.74, 6) is 42.1. The lowest BCUT2D eigenvalue weighted by Gasteiger charge is -2.21. The van der Waals surface area contributed by atoms with E-state index in [9.17, 15) is 4.79 Å². The van der Waals surface area contributed by atoms with Crippen molar-refractivity contribution < 1.29 is 42.7 Å². The number of hydrogen-bond acceptors (Lipinski definition) is 9. The molecule has 0 aliphatic rings. The normalized spacial score (nSPS) is 11.0.